The summed E-state index contributed by atoms with van der Waals surface area (Å²) >= 11 is 6.25. The first-order chi connectivity index (χ1) is 23.3. The van der Waals surface area contributed by atoms with Gasteiger partial charge in [-0.1, -0.05) is 35.9 Å². The van der Waals surface area contributed by atoms with Crippen LogP contribution in [0.3, 0.4) is 0 Å². The van der Waals surface area contributed by atoms with Crippen molar-refractivity contribution in [1.82, 2.24) is 20.9 Å². The number of carbonyl (C=O) groups is 3. The molecule has 1 saturated heterocycles. The lowest BCUT2D eigenvalue weighted by Crippen LogP contribution is -2.49. The fourth-order valence-electron chi connectivity index (χ4n) is 5.13. The molecule has 0 aliphatic carbocycles. The van der Waals surface area contributed by atoms with Gasteiger partial charge >= 0.3 is 18.4 Å². The van der Waals surface area contributed by atoms with Gasteiger partial charge < -0.3 is 35.5 Å². The van der Waals surface area contributed by atoms with Gasteiger partial charge in [-0.05, 0) is 48.2 Å². The summed E-state index contributed by atoms with van der Waals surface area (Å²) in [4.78, 5) is 41.8. The highest BCUT2D eigenvalue weighted by Gasteiger charge is 2.34. The summed E-state index contributed by atoms with van der Waals surface area (Å²) in [6.07, 6.45) is -4.53. The molecule has 11 nitrogen and oxygen atoms in total. The number of carbonyl (C=O) groups excluding carboxylic acids is 3. The Morgan fingerprint density at radius 3 is 2.49 bits per heavy atom. The van der Waals surface area contributed by atoms with E-state index in [9.17, 15) is 31.9 Å². The molecule has 1 aliphatic heterocycles. The fourth-order valence-corrected chi connectivity index (χ4v) is 5.33. The van der Waals surface area contributed by atoms with Crippen molar-refractivity contribution in [3.8, 4) is 0 Å². The van der Waals surface area contributed by atoms with Crippen molar-refractivity contribution in [2.75, 3.05) is 38.7 Å². The van der Waals surface area contributed by atoms with Crippen LogP contribution in [0.1, 0.15) is 29.0 Å². The second-order valence-electron chi connectivity index (χ2n) is 11.0. The molecule has 49 heavy (non-hydrogen) atoms. The summed E-state index contributed by atoms with van der Waals surface area (Å²) in [6, 6.07) is 10.1. The highest BCUT2D eigenvalue weighted by atomic mass is 35.5. The minimum atomic E-state index is -4.57. The molecule has 0 bridgehead atoms. The Morgan fingerprint density at radius 1 is 1.08 bits per heavy atom. The van der Waals surface area contributed by atoms with Crippen LogP contribution in [0.2, 0.25) is 5.02 Å². The predicted octanol–water partition coefficient (Wildman–Crippen LogP) is 5.09. The van der Waals surface area contributed by atoms with E-state index in [-0.39, 0.29) is 43.9 Å². The second kappa shape index (κ2) is 17.2. The molecule has 3 amide bonds. The number of ether oxygens (including phenoxy) is 3. The van der Waals surface area contributed by atoms with Gasteiger partial charge in [-0.2, -0.15) is 13.2 Å². The number of aromatic nitrogens is 1. The Hall–Kier alpha value is -4.54. The number of amides is 3. The zero-order valence-corrected chi connectivity index (χ0v) is 26.7. The standard InChI is InChI=1S/C32H33ClF5N5O6/c1-47-31(46)43-28(27(18-5-7-21(34)8-6-18)19-3-2-4-20(33)11-19)29(44)42-26-14-39-13-25(35)24(26)10-9-23-12-40-22(15-48-23)16-49-30(45)41-17-32(36,37)38/h2-8,11,13-14,22-23,27-28,40H,9-10,12,15-17H2,1H3,(H,41,45)(H,42,44)(H,43,46)/t22-,23+,27-,28-/m0/s1. The molecule has 0 unspecified atom stereocenters. The SMILES string of the molecule is COC(=O)N[C@H](C(=O)Nc1cncc(F)c1CC[C@@H]1CN[C@H](COC(=O)NCC(F)(F)F)CO1)[C@@H](c1ccc(F)cc1)c1cccc(Cl)c1. The normalized spacial score (nSPS) is 17.4. The molecule has 4 N–H and O–H groups in total. The molecule has 2 aromatic carbocycles. The van der Waals surface area contributed by atoms with E-state index in [0.717, 1.165) is 13.3 Å². The second-order valence-corrected chi connectivity index (χ2v) is 11.4. The number of hydrogen-bond donors (Lipinski definition) is 4. The first-order valence-electron chi connectivity index (χ1n) is 14.9. The molecule has 3 aromatic rings. The van der Waals surface area contributed by atoms with E-state index in [0.29, 0.717) is 16.1 Å². The zero-order chi connectivity index (χ0) is 35.6. The van der Waals surface area contributed by atoms with Crippen LogP contribution < -0.4 is 21.3 Å². The van der Waals surface area contributed by atoms with Crippen molar-refractivity contribution in [3.63, 3.8) is 0 Å². The number of anilines is 1. The molecule has 1 aliphatic rings. The highest BCUT2D eigenvalue weighted by Crippen LogP contribution is 2.32. The molecule has 2 heterocycles. The quantitative estimate of drug-likeness (QED) is 0.191. The van der Waals surface area contributed by atoms with E-state index in [4.69, 9.17) is 25.8 Å². The number of benzene rings is 2. The molecule has 4 atom stereocenters. The topological polar surface area (TPSA) is 140 Å². The predicted molar refractivity (Wildman–Crippen MR) is 167 cm³/mol. The number of methoxy groups -OCH3 is 1. The number of alkyl carbamates (subject to hydrolysis) is 2. The van der Waals surface area contributed by atoms with Gasteiger partial charge in [0.05, 0.1) is 43.9 Å². The molecule has 0 spiro atoms. The highest BCUT2D eigenvalue weighted by molar-refractivity contribution is 6.30. The maximum atomic E-state index is 15.1. The van der Waals surface area contributed by atoms with Gasteiger partial charge in [0.1, 0.15) is 30.8 Å². The van der Waals surface area contributed by atoms with Crippen molar-refractivity contribution < 1.29 is 50.5 Å². The summed E-state index contributed by atoms with van der Waals surface area (Å²) < 4.78 is 81.1. The molecule has 1 aromatic heterocycles. The summed E-state index contributed by atoms with van der Waals surface area (Å²) in [6.45, 7) is -1.43. The Balaban J connectivity index is 1.45. The first kappa shape index (κ1) is 37.3. The van der Waals surface area contributed by atoms with Crippen LogP contribution in [-0.4, -0.2) is 80.9 Å². The smallest absolute Gasteiger partial charge is 0.407 e. The van der Waals surface area contributed by atoms with E-state index in [1.807, 2.05) is 0 Å². The molecule has 1 fully saturated rings. The number of halogens is 6. The third-order valence-corrected chi connectivity index (χ3v) is 7.74. The van der Waals surface area contributed by atoms with E-state index in [1.165, 1.54) is 30.5 Å². The van der Waals surface area contributed by atoms with Crippen LogP contribution in [0.5, 0.6) is 0 Å². The molecule has 4 rings (SSSR count). The van der Waals surface area contributed by atoms with Gasteiger partial charge in [0.15, 0.2) is 0 Å². The average Bonchev–Trinajstić information content (AvgIpc) is 3.06. The van der Waals surface area contributed by atoms with E-state index < -0.39 is 66.6 Å². The van der Waals surface area contributed by atoms with Gasteiger partial charge in [-0.15, -0.1) is 0 Å². The molecule has 264 valence electrons. The number of pyridine rings is 1. The lowest BCUT2D eigenvalue weighted by atomic mass is 9.84. The maximum Gasteiger partial charge on any atom is 0.407 e. The van der Waals surface area contributed by atoms with Gasteiger partial charge in [0.25, 0.3) is 0 Å². The van der Waals surface area contributed by atoms with Crippen molar-refractivity contribution in [1.29, 1.82) is 0 Å². The summed E-state index contributed by atoms with van der Waals surface area (Å²) in [7, 11) is 1.12. The summed E-state index contributed by atoms with van der Waals surface area (Å²) in [5, 5.41) is 10.2. The van der Waals surface area contributed by atoms with Crippen LogP contribution in [0.4, 0.5) is 37.2 Å². The molecule has 0 saturated carbocycles. The number of morpholine rings is 1. The van der Waals surface area contributed by atoms with Crippen molar-refractivity contribution in [3.05, 3.63) is 94.3 Å². The third kappa shape index (κ3) is 11.3. The van der Waals surface area contributed by atoms with Crippen molar-refractivity contribution in [2.24, 2.45) is 0 Å². The Bertz CT molecular complexity index is 1590. The molecule has 0 radical (unpaired) electrons. The van der Waals surface area contributed by atoms with Crippen LogP contribution >= 0.6 is 11.6 Å². The van der Waals surface area contributed by atoms with Gasteiger partial charge in [-0.3, -0.25) is 9.78 Å². The molecular formula is C32H33ClF5N5O6. The zero-order valence-electron chi connectivity index (χ0n) is 26.0. The molecular weight excluding hydrogens is 681 g/mol. The number of hydrogen-bond acceptors (Lipinski definition) is 8. The van der Waals surface area contributed by atoms with Gasteiger partial charge in [0, 0.05) is 23.0 Å². The van der Waals surface area contributed by atoms with E-state index in [1.54, 1.807) is 29.6 Å². The molecule has 17 heteroatoms. The van der Waals surface area contributed by atoms with Gasteiger partial charge in [0.2, 0.25) is 5.91 Å². The lowest BCUT2D eigenvalue weighted by molar-refractivity contribution is -0.124. The van der Waals surface area contributed by atoms with Crippen LogP contribution in [0, 0.1) is 11.6 Å². The van der Waals surface area contributed by atoms with Crippen molar-refractivity contribution >= 4 is 35.4 Å². The Kier molecular flexibility index (Phi) is 13.1. The largest absolute Gasteiger partial charge is 0.453 e. The van der Waals surface area contributed by atoms with E-state index >= 15 is 4.39 Å². The van der Waals surface area contributed by atoms with Gasteiger partial charge in [-0.25, -0.2) is 18.4 Å². The van der Waals surface area contributed by atoms with Crippen molar-refractivity contribution in [2.45, 2.75) is 43.1 Å². The van der Waals surface area contributed by atoms with Crippen LogP contribution in [0.25, 0.3) is 0 Å². The summed E-state index contributed by atoms with van der Waals surface area (Å²) in [5.41, 5.74) is 1.12. The maximum absolute atomic E-state index is 15.1. The number of nitrogens with zero attached hydrogens (tertiary/aromatic N) is 1. The summed E-state index contributed by atoms with van der Waals surface area (Å²) in [5.74, 6) is -2.87. The van der Waals surface area contributed by atoms with Crippen LogP contribution in [-0.2, 0) is 25.4 Å². The first-order valence-corrected chi connectivity index (χ1v) is 15.3. The average molecular weight is 714 g/mol. The van der Waals surface area contributed by atoms with Crippen LogP contribution in [0.15, 0.2) is 60.9 Å². The number of alkyl halides is 3. The lowest BCUT2D eigenvalue weighted by Gasteiger charge is -2.30. The number of nitrogens with one attached hydrogen (secondary N) is 4. The Labute approximate surface area is 282 Å². The third-order valence-electron chi connectivity index (χ3n) is 7.51. The minimum Gasteiger partial charge on any atom is -0.453 e. The monoisotopic (exact) mass is 713 g/mol. The fraction of sp³-hybridized carbons (Fsp3) is 0.375. The minimum absolute atomic E-state index is 0.0329. The Morgan fingerprint density at radius 2 is 1.84 bits per heavy atom. The number of rotatable bonds is 12. The van der Waals surface area contributed by atoms with E-state index in [2.05, 4.69) is 20.9 Å².